The molecule has 1 atom stereocenters. The Morgan fingerprint density at radius 2 is 1.88 bits per heavy atom. The summed E-state index contributed by atoms with van der Waals surface area (Å²) in [6, 6.07) is 7.71. The SMILES string of the molecule is CC(O)(Cc1ccc(Cl)cc1)C1CCOCC1. The first-order valence-electron chi connectivity index (χ1n) is 6.12. The number of halogens is 1. The van der Waals surface area contributed by atoms with Crippen molar-refractivity contribution in [2.45, 2.75) is 31.8 Å². The molecule has 2 nitrogen and oxygen atoms in total. The molecule has 2 rings (SSSR count). The average molecular weight is 255 g/mol. The van der Waals surface area contributed by atoms with E-state index in [9.17, 15) is 5.11 Å². The first-order chi connectivity index (χ1) is 8.08. The van der Waals surface area contributed by atoms with Gasteiger partial charge in [-0.2, -0.15) is 0 Å². The molecule has 1 unspecified atom stereocenters. The van der Waals surface area contributed by atoms with E-state index in [0.29, 0.717) is 12.3 Å². The van der Waals surface area contributed by atoms with Gasteiger partial charge >= 0.3 is 0 Å². The molecular formula is C14H19ClO2. The minimum absolute atomic E-state index is 0.326. The summed E-state index contributed by atoms with van der Waals surface area (Å²) < 4.78 is 5.33. The van der Waals surface area contributed by atoms with Crippen molar-refractivity contribution in [3.63, 3.8) is 0 Å². The van der Waals surface area contributed by atoms with E-state index >= 15 is 0 Å². The molecule has 0 spiro atoms. The molecule has 1 heterocycles. The van der Waals surface area contributed by atoms with Gasteiger partial charge in [-0.25, -0.2) is 0 Å². The van der Waals surface area contributed by atoms with Crippen LogP contribution < -0.4 is 0 Å². The lowest BCUT2D eigenvalue weighted by atomic mass is 9.79. The number of benzene rings is 1. The van der Waals surface area contributed by atoms with Gasteiger partial charge in [0.05, 0.1) is 5.60 Å². The normalized spacial score (nSPS) is 21.1. The highest BCUT2D eigenvalue weighted by Crippen LogP contribution is 2.30. The third-order valence-electron chi connectivity index (χ3n) is 3.58. The summed E-state index contributed by atoms with van der Waals surface area (Å²) in [4.78, 5) is 0. The number of ether oxygens (including phenoxy) is 1. The number of rotatable bonds is 3. The summed E-state index contributed by atoms with van der Waals surface area (Å²) in [5, 5.41) is 11.3. The Hall–Kier alpha value is -0.570. The van der Waals surface area contributed by atoms with Crippen molar-refractivity contribution >= 4 is 11.6 Å². The highest BCUT2D eigenvalue weighted by Gasteiger charge is 2.33. The molecule has 1 N–H and O–H groups in total. The fraction of sp³-hybridized carbons (Fsp3) is 0.571. The Balaban J connectivity index is 2.02. The Kier molecular flexibility index (Phi) is 4.08. The lowest BCUT2D eigenvalue weighted by molar-refractivity contribution is -0.0530. The molecule has 0 aliphatic carbocycles. The molecule has 0 bridgehead atoms. The lowest BCUT2D eigenvalue weighted by Crippen LogP contribution is -2.40. The molecule has 1 aromatic carbocycles. The second kappa shape index (κ2) is 5.38. The second-order valence-corrected chi connectivity index (χ2v) is 5.48. The smallest absolute Gasteiger partial charge is 0.0689 e. The van der Waals surface area contributed by atoms with Crippen LogP contribution in [-0.4, -0.2) is 23.9 Å². The maximum absolute atomic E-state index is 10.6. The van der Waals surface area contributed by atoms with Gasteiger partial charge in [-0.15, -0.1) is 0 Å². The van der Waals surface area contributed by atoms with Gasteiger partial charge in [-0.3, -0.25) is 0 Å². The van der Waals surface area contributed by atoms with E-state index in [2.05, 4.69) is 0 Å². The van der Waals surface area contributed by atoms with Gasteiger partial charge in [0, 0.05) is 24.7 Å². The van der Waals surface area contributed by atoms with Crippen LogP contribution in [0.3, 0.4) is 0 Å². The number of hydrogen-bond acceptors (Lipinski definition) is 2. The average Bonchev–Trinajstić information content (AvgIpc) is 2.33. The van der Waals surface area contributed by atoms with Gasteiger partial charge in [-0.05, 0) is 43.4 Å². The van der Waals surface area contributed by atoms with E-state index in [0.717, 1.165) is 36.6 Å². The summed E-state index contributed by atoms with van der Waals surface area (Å²) in [6.45, 7) is 3.46. The second-order valence-electron chi connectivity index (χ2n) is 5.05. The van der Waals surface area contributed by atoms with Crippen molar-refractivity contribution in [1.82, 2.24) is 0 Å². The van der Waals surface area contributed by atoms with Crippen LogP contribution in [0.15, 0.2) is 24.3 Å². The molecule has 1 saturated heterocycles. The van der Waals surface area contributed by atoms with E-state index in [-0.39, 0.29) is 0 Å². The van der Waals surface area contributed by atoms with Crippen molar-refractivity contribution in [2.24, 2.45) is 5.92 Å². The minimum atomic E-state index is -0.655. The fourth-order valence-corrected chi connectivity index (χ4v) is 2.61. The third kappa shape index (κ3) is 3.44. The summed E-state index contributed by atoms with van der Waals surface area (Å²) in [7, 11) is 0. The molecule has 0 aromatic heterocycles. The zero-order valence-corrected chi connectivity index (χ0v) is 10.9. The Bertz CT molecular complexity index is 353. The molecule has 1 aliphatic heterocycles. The number of hydrogen-bond donors (Lipinski definition) is 1. The van der Waals surface area contributed by atoms with Crippen LogP contribution in [0, 0.1) is 5.92 Å². The van der Waals surface area contributed by atoms with E-state index < -0.39 is 5.60 Å². The molecule has 1 fully saturated rings. The van der Waals surface area contributed by atoms with Crippen molar-refractivity contribution in [1.29, 1.82) is 0 Å². The fourth-order valence-electron chi connectivity index (χ4n) is 2.48. The van der Waals surface area contributed by atoms with Crippen molar-refractivity contribution in [3.8, 4) is 0 Å². The van der Waals surface area contributed by atoms with E-state index in [1.54, 1.807) is 0 Å². The highest BCUT2D eigenvalue weighted by atomic mass is 35.5. The standard InChI is InChI=1S/C14H19ClO2/c1-14(16,12-6-8-17-9-7-12)10-11-2-4-13(15)5-3-11/h2-5,12,16H,6-10H2,1H3. The topological polar surface area (TPSA) is 29.5 Å². The van der Waals surface area contributed by atoms with Crippen LogP contribution in [0.1, 0.15) is 25.3 Å². The van der Waals surface area contributed by atoms with Gasteiger partial charge in [0.15, 0.2) is 0 Å². The van der Waals surface area contributed by atoms with E-state index in [4.69, 9.17) is 16.3 Å². The zero-order chi connectivity index (χ0) is 12.3. The third-order valence-corrected chi connectivity index (χ3v) is 3.83. The molecule has 3 heteroatoms. The minimum Gasteiger partial charge on any atom is -0.390 e. The van der Waals surface area contributed by atoms with Gasteiger partial charge in [0.1, 0.15) is 0 Å². The van der Waals surface area contributed by atoms with Crippen LogP contribution >= 0.6 is 11.6 Å². The van der Waals surface area contributed by atoms with Crippen molar-refractivity contribution < 1.29 is 9.84 Å². The quantitative estimate of drug-likeness (QED) is 0.898. The van der Waals surface area contributed by atoms with E-state index in [1.165, 1.54) is 0 Å². The maximum Gasteiger partial charge on any atom is 0.0689 e. The molecule has 94 valence electrons. The Labute approximate surface area is 108 Å². The molecule has 1 aliphatic rings. The summed E-state index contributed by atoms with van der Waals surface area (Å²) in [5.74, 6) is 0.326. The first-order valence-corrected chi connectivity index (χ1v) is 6.50. The van der Waals surface area contributed by atoms with Crippen molar-refractivity contribution in [3.05, 3.63) is 34.9 Å². The molecule has 17 heavy (non-hydrogen) atoms. The monoisotopic (exact) mass is 254 g/mol. The van der Waals surface area contributed by atoms with Crippen LogP contribution in [-0.2, 0) is 11.2 Å². The van der Waals surface area contributed by atoms with Gasteiger partial charge in [0.2, 0.25) is 0 Å². The maximum atomic E-state index is 10.6. The molecule has 1 aromatic rings. The van der Waals surface area contributed by atoms with Gasteiger partial charge in [0.25, 0.3) is 0 Å². The predicted octanol–water partition coefficient (Wildman–Crippen LogP) is 3.06. The number of aliphatic hydroxyl groups is 1. The van der Waals surface area contributed by atoms with Crippen LogP contribution in [0.25, 0.3) is 0 Å². The summed E-state index contributed by atoms with van der Waals surface area (Å²) in [6.07, 6.45) is 2.57. The molecular weight excluding hydrogens is 236 g/mol. The largest absolute Gasteiger partial charge is 0.390 e. The van der Waals surface area contributed by atoms with Crippen LogP contribution in [0.2, 0.25) is 5.02 Å². The van der Waals surface area contributed by atoms with Crippen molar-refractivity contribution in [2.75, 3.05) is 13.2 Å². The van der Waals surface area contributed by atoms with E-state index in [1.807, 2.05) is 31.2 Å². The molecule has 0 saturated carbocycles. The first kappa shape index (κ1) is 12.9. The van der Waals surface area contributed by atoms with Crippen LogP contribution in [0.4, 0.5) is 0 Å². The summed E-state index contributed by atoms with van der Waals surface area (Å²) >= 11 is 5.85. The van der Waals surface area contributed by atoms with Gasteiger partial charge < -0.3 is 9.84 Å². The Morgan fingerprint density at radius 3 is 2.47 bits per heavy atom. The van der Waals surface area contributed by atoms with Gasteiger partial charge in [-0.1, -0.05) is 23.7 Å². The highest BCUT2D eigenvalue weighted by molar-refractivity contribution is 6.30. The van der Waals surface area contributed by atoms with Crippen LogP contribution in [0.5, 0.6) is 0 Å². The summed E-state index contributed by atoms with van der Waals surface area (Å²) in [5.41, 5.74) is 0.475. The zero-order valence-electron chi connectivity index (χ0n) is 10.2. The predicted molar refractivity (Wildman–Crippen MR) is 69.3 cm³/mol. The molecule has 0 radical (unpaired) electrons. The lowest BCUT2D eigenvalue weighted by Gasteiger charge is -2.35. The Morgan fingerprint density at radius 1 is 1.29 bits per heavy atom. The molecule has 0 amide bonds.